The van der Waals surface area contributed by atoms with E-state index in [1.54, 1.807) is 6.33 Å². The molecule has 9 nitrogen and oxygen atoms in total. The van der Waals surface area contributed by atoms with Crippen LogP contribution in [-0.2, 0) is 20.6 Å². The average Bonchev–Trinajstić information content (AvgIpc) is 3.71. The number of rotatable bonds is 7. The van der Waals surface area contributed by atoms with Crippen LogP contribution in [0.2, 0.25) is 0 Å². The van der Waals surface area contributed by atoms with Gasteiger partial charge in [-0.2, -0.15) is 5.10 Å². The number of carbonyl (C=O) groups excluding carboxylic acids is 1. The van der Waals surface area contributed by atoms with Crippen molar-refractivity contribution in [3.05, 3.63) is 29.8 Å². The fourth-order valence-corrected chi connectivity index (χ4v) is 5.17. The molecule has 178 valence electrons. The lowest BCUT2D eigenvalue weighted by molar-refractivity contribution is 0.0719. The van der Waals surface area contributed by atoms with Gasteiger partial charge in [-0.1, -0.05) is 13.8 Å². The van der Waals surface area contributed by atoms with Crippen LogP contribution in [0.15, 0.2) is 18.5 Å². The van der Waals surface area contributed by atoms with E-state index in [-0.39, 0.29) is 5.91 Å². The Morgan fingerprint density at radius 3 is 2.47 bits per heavy atom. The minimum atomic E-state index is 0.140. The Labute approximate surface area is 198 Å². The first-order valence-electron chi connectivity index (χ1n) is 12.3. The summed E-state index contributed by atoms with van der Waals surface area (Å²) in [6, 6.07) is 4.90. The van der Waals surface area contributed by atoms with E-state index in [0.29, 0.717) is 30.4 Å². The number of hydrogen-bond donors (Lipinski definition) is 1. The van der Waals surface area contributed by atoms with Gasteiger partial charge in [-0.15, -0.1) is 0 Å². The number of amides is 1. The molecular formula is C25H32N8O. The summed E-state index contributed by atoms with van der Waals surface area (Å²) in [4.78, 5) is 25.5. The Bertz CT molecular complexity index is 1400. The van der Waals surface area contributed by atoms with Crippen molar-refractivity contribution in [2.45, 2.75) is 71.0 Å². The van der Waals surface area contributed by atoms with Crippen molar-refractivity contribution in [3.63, 3.8) is 0 Å². The van der Waals surface area contributed by atoms with Crippen molar-refractivity contribution < 1.29 is 4.79 Å². The highest BCUT2D eigenvalue weighted by Crippen LogP contribution is 2.39. The molecule has 9 heteroatoms. The van der Waals surface area contributed by atoms with Crippen LogP contribution >= 0.6 is 0 Å². The number of imidazole rings is 1. The molecule has 0 unspecified atom stereocenters. The van der Waals surface area contributed by atoms with Crippen molar-refractivity contribution in [3.8, 4) is 0 Å². The number of aromatic nitrogens is 6. The third-order valence-corrected chi connectivity index (χ3v) is 7.11. The van der Waals surface area contributed by atoms with E-state index in [4.69, 9.17) is 4.98 Å². The molecule has 0 bridgehead atoms. The van der Waals surface area contributed by atoms with Crippen molar-refractivity contribution in [1.29, 1.82) is 0 Å². The van der Waals surface area contributed by atoms with Gasteiger partial charge in [0.1, 0.15) is 16.9 Å². The summed E-state index contributed by atoms with van der Waals surface area (Å²) >= 11 is 0. The zero-order valence-electron chi connectivity index (χ0n) is 20.5. The summed E-state index contributed by atoms with van der Waals surface area (Å²) < 4.78 is 5.97. The summed E-state index contributed by atoms with van der Waals surface area (Å²) in [5.41, 5.74) is 4.42. The number of anilines is 2. The molecule has 0 aromatic carbocycles. The number of nitrogens with zero attached hydrogens (tertiary/aromatic N) is 7. The second-order valence-corrected chi connectivity index (χ2v) is 10.1. The number of hydrogen-bond acceptors (Lipinski definition) is 5. The molecule has 1 N–H and O–H groups in total. The highest BCUT2D eigenvalue weighted by Gasteiger charge is 2.43. The van der Waals surface area contributed by atoms with Crippen LogP contribution in [0, 0.1) is 0 Å². The lowest BCUT2D eigenvalue weighted by atomic mass is 10.1. The molecule has 0 atom stereocenters. The smallest absolute Gasteiger partial charge is 0.271 e. The molecule has 4 aromatic heterocycles. The Morgan fingerprint density at radius 2 is 1.88 bits per heavy atom. The van der Waals surface area contributed by atoms with Crippen molar-refractivity contribution in [2.75, 3.05) is 5.32 Å². The van der Waals surface area contributed by atoms with Gasteiger partial charge in [0.25, 0.3) is 5.91 Å². The van der Waals surface area contributed by atoms with E-state index in [2.05, 4.69) is 51.7 Å². The third kappa shape index (κ3) is 3.28. The topological polar surface area (TPSA) is 85.8 Å². The normalized spacial score (nSPS) is 16.2. The summed E-state index contributed by atoms with van der Waals surface area (Å²) in [7, 11) is 3.95. The number of pyridine rings is 1. The monoisotopic (exact) mass is 460 g/mol. The minimum absolute atomic E-state index is 0.140. The summed E-state index contributed by atoms with van der Waals surface area (Å²) in [6.07, 6.45) is 6.29. The number of carbonyl (C=O) groups is 1. The van der Waals surface area contributed by atoms with E-state index in [9.17, 15) is 4.79 Å². The molecule has 2 aliphatic rings. The fraction of sp³-hybridized carbons (Fsp3) is 0.520. The maximum atomic E-state index is 13.7. The van der Waals surface area contributed by atoms with Crippen LogP contribution in [0.4, 0.5) is 11.6 Å². The predicted molar refractivity (Wildman–Crippen MR) is 132 cm³/mol. The average molecular weight is 461 g/mol. The molecule has 0 spiro atoms. The molecular weight excluding hydrogens is 428 g/mol. The molecule has 4 heterocycles. The maximum Gasteiger partial charge on any atom is 0.271 e. The zero-order chi connectivity index (χ0) is 23.7. The van der Waals surface area contributed by atoms with Gasteiger partial charge in [0.2, 0.25) is 0 Å². The first kappa shape index (κ1) is 21.2. The number of fused-ring (bicyclic) bond motifs is 3. The number of aryl methyl sites for hydroxylation is 3. The lowest BCUT2D eigenvalue weighted by Gasteiger charge is -2.22. The van der Waals surface area contributed by atoms with Gasteiger partial charge < -0.3 is 19.4 Å². The van der Waals surface area contributed by atoms with Crippen molar-refractivity contribution in [1.82, 2.24) is 33.8 Å². The third-order valence-electron chi connectivity index (χ3n) is 7.11. The van der Waals surface area contributed by atoms with E-state index < -0.39 is 0 Å². The molecule has 0 radical (unpaired) electrons. The summed E-state index contributed by atoms with van der Waals surface area (Å²) in [5, 5.41) is 9.01. The first-order valence-corrected chi connectivity index (χ1v) is 12.3. The van der Waals surface area contributed by atoms with Gasteiger partial charge in [-0.25, -0.2) is 9.97 Å². The Balaban J connectivity index is 1.49. The first-order chi connectivity index (χ1) is 16.4. The Hall–Kier alpha value is -3.36. The minimum Gasteiger partial charge on any atom is -0.333 e. The SMILES string of the molecule is CCn1c(C(=O)N(C2CC2)C2CC2)cc2c3c(ncn3C)c(Nc3cc(C(C)C)n(C)n3)nc21. The number of nitrogens with one attached hydrogen (secondary N) is 1. The van der Waals surface area contributed by atoms with E-state index in [0.717, 1.165) is 65.0 Å². The quantitative estimate of drug-likeness (QED) is 0.444. The second kappa shape index (κ2) is 7.58. The van der Waals surface area contributed by atoms with Gasteiger partial charge in [-0.3, -0.25) is 9.48 Å². The van der Waals surface area contributed by atoms with Crippen LogP contribution in [0.5, 0.6) is 0 Å². The van der Waals surface area contributed by atoms with E-state index >= 15 is 0 Å². The maximum absolute atomic E-state index is 13.7. The van der Waals surface area contributed by atoms with Gasteiger partial charge in [0.15, 0.2) is 11.6 Å². The summed E-state index contributed by atoms with van der Waals surface area (Å²) in [6.45, 7) is 7.05. The standard InChI is InChI=1S/C25H32N8O/c1-6-32-19(25(34)33(15-7-8-15)16-9-10-16)11-17-22-21(26-13-30(22)4)23(28-24(17)32)27-20-12-18(14(2)3)31(5)29-20/h11-16H,6-10H2,1-5H3,(H,27,28,29). The molecule has 2 saturated carbocycles. The molecule has 0 saturated heterocycles. The van der Waals surface area contributed by atoms with Crippen molar-refractivity contribution >= 4 is 39.6 Å². The summed E-state index contributed by atoms with van der Waals surface area (Å²) in [5.74, 6) is 1.90. The molecule has 2 fully saturated rings. The molecule has 1 amide bonds. The van der Waals surface area contributed by atoms with Crippen LogP contribution in [0.25, 0.3) is 22.1 Å². The van der Waals surface area contributed by atoms with Crippen LogP contribution in [0.1, 0.15) is 68.6 Å². The lowest BCUT2D eigenvalue weighted by Crippen LogP contribution is -2.36. The molecule has 2 aliphatic carbocycles. The van der Waals surface area contributed by atoms with Crippen LogP contribution in [-0.4, -0.2) is 51.8 Å². The molecule has 4 aromatic rings. The van der Waals surface area contributed by atoms with Gasteiger partial charge in [0, 0.05) is 49.9 Å². The highest BCUT2D eigenvalue weighted by molar-refractivity contribution is 6.10. The predicted octanol–water partition coefficient (Wildman–Crippen LogP) is 4.31. The Kier molecular flexibility index (Phi) is 4.72. The highest BCUT2D eigenvalue weighted by atomic mass is 16.2. The van der Waals surface area contributed by atoms with Crippen molar-refractivity contribution in [2.24, 2.45) is 14.1 Å². The molecule has 34 heavy (non-hydrogen) atoms. The largest absolute Gasteiger partial charge is 0.333 e. The van der Waals surface area contributed by atoms with Crippen LogP contribution < -0.4 is 5.32 Å². The van der Waals surface area contributed by atoms with Gasteiger partial charge in [-0.05, 0) is 44.6 Å². The second-order valence-electron chi connectivity index (χ2n) is 10.1. The van der Waals surface area contributed by atoms with Gasteiger partial charge >= 0.3 is 0 Å². The van der Waals surface area contributed by atoms with Crippen LogP contribution in [0.3, 0.4) is 0 Å². The molecule has 0 aliphatic heterocycles. The zero-order valence-corrected chi connectivity index (χ0v) is 20.5. The van der Waals surface area contributed by atoms with E-state index in [1.165, 1.54) is 0 Å². The fourth-order valence-electron chi connectivity index (χ4n) is 5.17. The van der Waals surface area contributed by atoms with E-state index in [1.807, 2.05) is 29.4 Å². The molecule has 6 rings (SSSR count). The Morgan fingerprint density at radius 1 is 1.18 bits per heavy atom. The van der Waals surface area contributed by atoms with Gasteiger partial charge in [0.05, 0.1) is 11.8 Å².